The minimum absolute atomic E-state index is 0.0176. The van der Waals surface area contributed by atoms with Gasteiger partial charge in [0.25, 0.3) is 0 Å². The SMILES string of the molecule is CC[C@H](C)[C@H](NS(=O)(=O)c1ccccc1)[C@@H](O)C(C)(C)CCl. The summed E-state index contributed by atoms with van der Waals surface area (Å²) in [7, 11) is -3.68. The molecule has 0 aliphatic heterocycles. The summed E-state index contributed by atoms with van der Waals surface area (Å²) in [5.41, 5.74) is -0.588. The number of hydrogen-bond donors (Lipinski definition) is 2. The summed E-state index contributed by atoms with van der Waals surface area (Å²) in [6.45, 7) is 7.55. The molecule has 0 amide bonds. The molecule has 0 fully saturated rings. The highest BCUT2D eigenvalue weighted by Crippen LogP contribution is 2.29. The third-order valence-electron chi connectivity index (χ3n) is 4.09. The van der Waals surface area contributed by atoms with Crippen LogP contribution in [0.15, 0.2) is 35.2 Å². The van der Waals surface area contributed by atoms with Crippen molar-refractivity contribution >= 4 is 21.6 Å². The van der Waals surface area contributed by atoms with E-state index in [1.807, 2.05) is 27.7 Å². The average molecular weight is 348 g/mol. The Hall–Kier alpha value is -0.620. The normalized spacial score (nSPS) is 17.0. The third kappa shape index (κ3) is 4.69. The molecule has 1 rings (SSSR count). The first kappa shape index (κ1) is 19.4. The molecular formula is C16H26ClNO3S. The van der Waals surface area contributed by atoms with Crippen molar-refractivity contribution in [2.24, 2.45) is 11.3 Å². The number of hydrogen-bond acceptors (Lipinski definition) is 3. The fraction of sp³-hybridized carbons (Fsp3) is 0.625. The van der Waals surface area contributed by atoms with Crippen molar-refractivity contribution in [3.05, 3.63) is 30.3 Å². The van der Waals surface area contributed by atoms with Crippen LogP contribution < -0.4 is 4.72 Å². The van der Waals surface area contributed by atoms with E-state index in [4.69, 9.17) is 11.6 Å². The van der Waals surface area contributed by atoms with E-state index in [2.05, 4.69) is 4.72 Å². The Balaban J connectivity index is 3.10. The zero-order valence-corrected chi connectivity index (χ0v) is 15.2. The lowest BCUT2D eigenvalue weighted by Gasteiger charge is -2.37. The van der Waals surface area contributed by atoms with Crippen LogP contribution in [-0.4, -0.2) is 31.6 Å². The molecule has 0 saturated heterocycles. The predicted molar refractivity (Wildman–Crippen MR) is 90.5 cm³/mol. The van der Waals surface area contributed by atoms with Gasteiger partial charge in [0.15, 0.2) is 0 Å². The lowest BCUT2D eigenvalue weighted by molar-refractivity contribution is 0.0210. The smallest absolute Gasteiger partial charge is 0.240 e. The largest absolute Gasteiger partial charge is 0.391 e. The fourth-order valence-electron chi connectivity index (χ4n) is 2.16. The minimum Gasteiger partial charge on any atom is -0.391 e. The predicted octanol–water partition coefficient (Wildman–Crippen LogP) is 3.01. The Morgan fingerprint density at radius 3 is 2.27 bits per heavy atom. The molecule has 0 spiro atoms. The molecule has 0 aromatic heterocycles. The Morgan fingerprint density at radius 2 is 1.82 bits per heavy atom. The standard InChI is InChI=1S/C16H26ClNO3S/c1-5-12(2)14(15(19)16(3,4)11-17)18-22(20,21)13-9-7-6-8-10-13/h6-10,12,14-15,18-19H,5,11H2,1-4H3/t12-,14-,15+/m0/s1. The van der Waals surface area contributed by atoms with E-state index in [0.29, 0.717) is 0 Å². The first-order chi connectivity index (χ1) is 10.2. The number of aliphatic hydroxyl groups is 1. The van der Waals surface area contributed by atoms with Gasteiger partial charge in [-0.2, -0.15) is 0 Å². The number of halogens is 1. The topological polar surface area (TPSA) is 66.4 Å². The van der Waals surface area contributed by atoms with Crippen LogP contribution in [0.2, 0.25) is 0 Å². The van der Waals surface area contributed by atoms with Crippen molar-refractivity contribution in [3.63, 3.8) is 0 Å². The number of rotatable bonds is 8. The molecule has 0 unspecified atom stereocenters. The van der Waals surface area contributed by atoms with Gasteiger partial charge in [-0.1, -0.05) is 52.3 Å². The van der Waals surface area contributed by atoms with Gasteiger partial charge in [-0.3, -0.25) is 0 Å². The zero-order valence-electron chi connectivity index (χ0n) is 13.6. The van der Waals surface area contributed by atoms with E-state index in [-0.39, 0.29) is 16.7 Å². The van der Waals surface area contributed by atoms with E-state index in [0.717, 1.165) is 6.42 Å². The van der Waals surface area contributed by atoms with Gasteiger partial charge < -0.3 is 5.11 Å². The second-order valence-corrected chi connectivity index (χ2v) is 8.39. The molecule has 0 saturated carbocycles. The Kier molecular flexibility index (Phi) is 6.86. The highest BCUT2D eigenvalue weighted by molar-refractivity contribution is 7.89. The van der Waals surface area contributed by atoms with Crippen LogP contribution in [-0.2, 0) is 10.0 Å². The van der Waals surface area contributed by atoms with Crippen molar-refractivity contribution in [1.82, 2.24) is 4.72 Å². The van der Waals surface area contributed by atoms with Crippen molar-refractivity contribution < 1.29 is 13.5 Å². The van der Waals surface area contributed by atoms with Crippen molar-refractivity contribution in [3.8, 4) is 0 Å². The molecule has 6 heteroatoms. The molecule has 0 aliphatic rings. The summed E-state index contributed by atoms with van der Waals surface area (Å²) < 4.78 is 27.7. The number of alkyl halides is 1. The van der Waals surface area contributed by atoms with Gasteiger partial charge in [0.1, 0.15) is 0 Å². The van der Waals surface area contributed by atoms with Crippen molar-refractivity contribution in [1.29, 1.82) is 0 Å². The fourth-order valence-corrected chi connectivity index (χ4v) is 3.69. The van der Waals surface area contributed by atoms with Gasteiger partial charge in [-0.25, -0.2) is 13.1 Å². The van der Waals surface area contributed by atoms with E-state index < -0.39 is 27.6 Å². The maximum atomic E-state index is 12.5. The second kappa shape index (κ2) is 7.77. The monoisotopic (exact) mass is 347 g/mol. The van der Waals surface area contributed by atoms with Crippen LogP contribution in [0.5, 0.6) is 0 Å². The van der Waals surface area contributed by atoms with Crippen molar-refractivity contribution in [2.75, 3.05) is 5.88 Å². The summed E-state index contributed by atoms with van der Waals surface area (Å²) in [4.78, 5) is 0.194. The highest BCUT2D eigenvalue weighted by atomic mass is 35.5. The molecule has 1 aromatic rings. The first-order valence-corrected chi connectivity index (χ1v) is 9.49. The van der Waals surface area contributed by atoms with Gasteiger partial charge >= 0.3 is 0 Å². The Morgan fingerprint density at radius 1 is 1.27 bits per heavy atom. The third-order valence-corrected chi connectivity index (χ3v) is 6.25. The van der Waals surface area contributed by atoms with Crippen LogP contribution in [0.25, 0.3) is 0 Å². The number of sulfonamides is 1. The maximum absolute atomic E-state index is 12.5. The Bertz CT molecular complexity index is 560. The van der Waals surface area contributed by atoms with Crippen LogP contribution in [0, 0.1) is 11.3 Å². The zero-order chi connectivity index (χ0) is 17.0. The molecule has 0 aliphatic carbocycles. The lowest BCUT2D eigenvalue weighted by atomic mass is 9.80. The van der Waals surface area contributed by atoms with E-state index in [9.17, 15) is 13.5 Å². The second-order valence-electron chi connectivity index (χ2n) is 6.41. The maximum Gasteiger partial charge on any atom is 0.240 e. The molecule has 1 aromatic carbocycles. The molecule has 0 bridgehead atoms. The van der Waals surface area contributed by atoms with Gasteiger partial charge in [0.2, 0.25) is 10.0 Å². The first-order valence-electron chi connectivity index (χ1n) is 7.47. The summed E-state index contributed by atoms with van der Waals surface area (Å²) in [6, 6.07) is 7.59. The van der Waals surface area contributed by atoms with Gasteiger partial charge in [-0.05, 0) is 18.1 Å². The van der Waals surface area contributed by atoms with Gasteiger partial charge in [-0.15, -0.1) is 11.6 Å². The summed E-state index contributed by atoms with van der Waals surface area (Å²) in [6.07, 6.45) is -0.129. The number of aliphatic hydroxyl groups excluding tert-OH is 1. The molecular weight excluding hydrogens is 322 g/mol. The van der Waals surface area contributed by atoms with Crippen LogP contribution in [0.4, 0.5) is 0 Å². The highest BCUT2D eigenvalue weighted by Gasteiger charge is 2.38. The molecule has 126 valence electrons. The molecule has 22 heavy (non-hydrogen) atoms. The molecule has 3 atom stereocenters. The van der Waals surface area contributed by atoms with Crippen LogP contribution in [0.3, 0.4) is 0 Å². The van der Waals surface area contributed by atoms with Crippen molar-refractivity contribution in [2.45, 2.75) is 51.2 Å². The minimum atomic E-state index is -3.68. The molecule has 0 heterocycles. The lowest BCUT2D eigenvalue weighted by Crippen LogP contribution is -2.53. The van der Waals surface area contributed by atoms with E-state index >= 15 is 0 Å². The molecule has 0 radical (unpaired) electrons. The molecule has 2 N–H and O–H groups in total. The Labute approximate surface area is 138 Å². The average Bonchev–Trinajstić information content (AvgIpc) is 2.52. The number of benzene rings is 1. The van der Waals surface area contributed by atoms with Crippen LogP contribution >= 0.6 is 11.6 Å². The van der Waals surface area contributed by atoms with Gasteiger partial charge in [0, 0.05) is 11.3 Å². The summed E-state index contributed by atoms with van der Waals surface area (Å²) in [5.74, 6) is 0.227. The quantitative estimate of drug-likeness (QED) is 0.710. The number of nitrogens with one attached hydrogen (secondary N) is 1. The van der Waals surface area contributed by atoms with Gasteiger partial charge in [0.05, 0.1) is 17.0 Å². The summed E-state index contributed by atoms with van der Waals surface area (Å²) >= 11 is 5.93. The summed E-state index contributed by atoms with van der Waals surface area (Å²) in [5, 5.41) is 10.6. The van der Waals surface area contributed by atoms with E-state index in [1.165, 1.54) is 12.1 Å². The van der Waals surface area contributed by atoms with Crippen LogP contribution in [0.1, 0.15) is 34.1 Å². The molecule has 4 nitrogen and oxygen atoms in total. The van der Waals surface area contributed by atoms with E-state index in [1.54, 1.807) is 18.2 Å².